The van der Waals surface area contributed by atoms with E-state index < -0.39 is 30.4 Å². The van der Waals surface area contributed by atoms with E-state index in [1.54, 1.807) is 0 Å². The maximum absolute atomic E-state index is 13.0. The standard InChI is InChI=1S/C8H6ClF4NO2/c9-2-5-7(16-8(11,12)13)1-4(10)6(3-15)14-5/h1,15H,2-3H2. The van der Waals surface area contributed by atoms with Gasteiger partial charge in [0.2, 0.25) is 0 Å². The van der Waals surface area contributed by atoms with Crippen molar-refractivity contribution in [3.05, 3.63) is 23.3 Å². The number of aromatic nitrogens is 1. The first-order valence-corrected chi connectivity index (χ1v) is 4.51. The second-order valence-corrected chi connectivity index (χ2v) is 2.97. The molecule has 3 nitrogen and oxygen atoms in total. The number of hydrogen-bond acceptors (Lipinski definition) is 3. The third kappa shape index (κ3) is 3.21. The molecule has 0 aliphatic rings. The molecular weight excluding hydrogens is 254 g/mol. The van der Waals surface area contributed by atoms with E-state index in [0.29, 0.717) is 6.07 Å². The van der Waals surface area contributed by atoms with Crippen LogP contribution in [0.4, 0.5) is 17.6 Å². The van der Waals surface area contributed by atoms with E-state index in [1.807, 2.05) is 0 Å². The van der Waals surface area contributed by atoms with Crippen molar-refractivity contribution in [1.82, 2.24) is 4.98 Å². The summed E-state index contributed by atoms with van der Waals surface area (Å²) in [5.74, 6) is -2.29. The molecule has 0 aromatic carbocycles. The number of ether oxygens (including phenoxy) is 1. The Labute approximate surface area is 92.6 Å². The van der Waals surface area contributed by atoms with Gasteiger partial charge < -0.3 is 9.84 Å². The minimum absolute atomic E-state index is 0.288. The third-order valence-corrected chi connectivity index (χ3v) is 1.84. The van der Waals surface area contributed by atoms with Crippen LogP contribution in [-0.2, 0) is 12.5 Å². The minimum Gasteiger partial charge on any atom is -0.404 e. The molecule has 0 saturated heterocycles. The average Bonchev–Trinajstić information content (AvgIpc) is 2.16. The van der Waals surface area contributed by atoms with Crippen LogP contribution in [0.5, 0.6) is 5.75 Å². The Morgan fingerprint density at radius 3 is 2.44 bits per heavy atom. The van der Waals surface area contributed by atoms with Gasteiger partial charge in [0.1, 0.15) is 5.69 Å². The molecule has 0 fully saturated rings. The smallest absolute Gasteiger partial charge is 0.404 e. The predicted molar refractivity (Wildman–Crippen MR) is 46.4 cm³/mol. The van der Waals surface area contributed by atoms with Gasteiger partial charge in [-0.1, -0.05) is 0 Å². The number of aliphatic hydroxyl groups is 1. The highest BCUT2D eigenvalue weighted by Crippen LogP contribution is 2.28. The van der Waals surface area contributed by atoms with Crippen molar-refractivity contribution >= 4 is 11.6 Å². The number of aliphatic hydroxyl groups excluding tert-OH is 1. The van der Waals surface area contributed by atoms with Crippen molar-refractivity contribution in [1.29, 1.82) is 0 Å². The van der Waals surface area contributed by atoms with Crippen LogP contribution in [0, 0.1) is 5.82 Å². The molecule has 0 spiro atoms. The molecule has 1 heterocycles. The third-order valence-electron chi connectivity index (χ3n) is 1.59. The molecule has 0 aliphatic heterocycles. The summed E-state index contributed by atoms with van der Waals surface area (Å²) in [4.78, 5) is 3.41. The van der Waals surface area contributed by atoms with Crippen LogP contribution in [0.3, 0.4) is 0 Å². The predicted octanol–water partition coefficient (Wildman–Crippen LogP) is 2.35. The molecule has 1 rings (SSSR count). The van der Waals surface area contributed by atoms with E-state index in [0.717, 1.165) is 0 Å². The molecule has 0 radical (unpaired) electrons. The molecule has 90 valence electrons. The molecular formula is C8H6ClF4NO2. The number of pyridine rings is 1. The van der Waals surface area contributed by atoms with Gasteiger partial charge in [0, 0.05) is 6.07 Å². The summed E-state index contributed by atoms with van der Waals surface area (Å²) in [5, 5.41) is 8.65. The van der Waals surface area contributed by atoms with Crippen molar-refractivity contribution in [2.75, 3.05) is 0 Å². The van der Waals surface area contributed by atoms with Gasteiger partial charge >= 0.3 is 6.36 Å². The molecule has 0 amide bonds. The van der Waals surface area contributed by atoms with Gasteiger partial charge in [-0.3, -0.25) is 0 Å². The summed E-state index contributed by atoms with van der Waals surface area (Å²) in [6, 6.07) is 0.490. The van der Waals surface area contributed by atoms with Crippen LogP contribution in [0.1, 0.15) is 11.4 Å². The monoisotopic (exact) mass is 259 g/mol. The van der Waals surface area contributed by atoms with E-state index in [1.165, 1.54) is 0 Å². The summed E-state index contributed by atoms with van der Waals surface area (Å²) >= 11 is 5.33. The first-order chi connectivity index (χ1) is 7.37. The van der Waals surface area contributed by atoms with Gasteiger partial charge in [-0.2, -0.15) is 0 Å². The van der Waals surface area contributed by atoms with E-state index in [-0.39, 0.29) is 11.4 Å². The van der Waals surface area contributed by atoms with Crippen molar-refractivity contribution in [2.45, 2.75) is 18.8 Å². The molecule has 0 aliphatic carbocycles. The van der Waals surface area contributed by atoms with E-state index in [4.69, 9.17) is 16.7 Å². The number of nitrogens with zero attached hydrogens (tertiary/aromatic N) is 1. The Morgan fingerprint density at radius 2 is 2.00 bits per heavy atom. The molecule has 1 N–H and O–H groups in total. The molecule has 1 aromatic rings. The lowest BCUT2D eigenvalue weighted by molar-refractivity contribution is -0.275. The highest BCUT2D eigenvalue weighted by molar-refractivity contribution is 6.17. The lowest BCUT2D eigenvalue weighted by Crippen LogP contribution is -2.19. The Kier molecular flexibility index (Phi) is 3.93. The highest BCUT2D eigenvalue weighted by Gasteiger charge is 2.32. The van der Waals surface area contributed by atoms with Gasteiger partial charge in [0.15, 0.2) is 11.6 Å². The zero-order valence-corrected chi connectivity index (χ0v) is 8.44. The summed E-state index contributed by atoms with van der Waals surface area (Å²) in [5.41, 5.74) is -0.672. The van der Waals surface area contributed by atoms with Gasteiger partial charge in [-0.05, 0) is 0 Å². The Morgan fingerprint density at radius 1 is 1.38 bits per heavy atom. The van der Waals surface area contributed by atoms with Crippen LogP contribution in [0.25, 0.3) is 0 Å². The Balaban J connectivity index is 3.13. The zero-order valence-electron chi connectivity index (χ0n) is 7.68. The first kappa shape index (κ1) is 13.0. The fourth-order valence-electron chi connectivity index (χ4n) is 0.973. The molecule has 0 saturated carbocycles. The fraction of sp³-hybridized carbons (Fsp3) is 0.375. The number of rotatable bonds is 3. The van der Waals surface area contributed by atoms with Crippen LogP contribution in [0.2, 0.25) is 0 Å². The SMILES string of the molecule is OCc1nc(CCl)c(OC(F)(F)F)cc1F. The van der Waals surface area contributed by atoms with E-state index in [2.05, 4.69) is 9.72 Å². The largest absolute Gasteiger partial charge is 0.573 e. The van der Waals surface area contributed by atoms with Crippen molar-refractivity contribution in [3.8, 4) is 5.75 Å². The molecule has 8 heteroatoms. The normalized spacial score (nSPS) is 11.6. The minimum atomic E-state index is -4.95. The quantitative estimate of drug-likeness (QED) is 0.669. The number of hydrogen-bond donors (Lipinski definition) is 1. The topological polar surface area (TPSA) is 42.4 Å². The lowest BCUT2D eigenvalue weighted by atomic mass is 10.3. The summed E-state index contributed by atoms with van der Waals surface area (Å²) in [7, 11) is 0. The van der Waals surface area contributed by atoms with Crippen LogP contribution >= 0.6 is 11.6 Å². The van der Waals surface area contributed by atoms with Gasteiger partial charge in [-0.15, -0.1) is 24.8 Å². The Bertz CT molecular complexity index is 383. The molecule has 0 bridgehead atoms. The lowest BCUT2D eigenvalue weighted by Gasteiger charge is -2.12. The second kappa shape index (κ2) is 4.84. The average molecular weight is 260 g/mol. The van der Waals surface area contributed by atoms with Gasteiger partial charge in [-0.25, -0.2) is 9.37 Å². The molecule has 0 atom stereocenters. The van der Waals surface area contributed by atoms with Gasteiger partial charge in [0.05, 0.1) is 18.2 Å². The first-order valence-electron chi connectivity index (χ1n) is 3.98. The fourth-order valence-corrected chi connectivity index (χ4v) is 1.16. The zero-order chi connectivity index (χ0) is 12.3. The molecule has 0 unspecified atom stereocenters. The Hall–Kier alpha value is -1.08. The van der Waals surface area contributed by atoms with Crippen LogP contribution in [-0.4, -0.2) is 16.5 Å². The van der Waals surface area contributed by atoms with E-state index in [9.17, 15) is 17.6 Å². The van der Waals surface area contributed by atoms with E-state index >= 15 is 0 Å². The molecule has 16 heavy (non-hydrogen) atoms. The van der Waals surface area contributed by atoms with Gasteiger partial charge in [0.25, 0.3) is 0 Å². The highest BCUT2D eigenvalue weighted by atomic mass is 35.5. The van der Waals surface area contributed by atoms with Crippen molar-refractivity contribution in [3.63, 3.8) is 0 Å². The van der Waals surface area contributed by atoms with Crippen molar-refractivity contribution < 1.29 is 27.4 Å². The van der Waals surface area contributed by atoms with Crippen LogP contribution in [0.15, 0.2) is 6.07 Å². The maximum Gasteiger partial charge on any atom is 0.573 e. The summed E-state index contributed by atoms with van der Waals surface area (Å²) in [6.07, 6.45) is -4.95. The number of alkyl halides is 4. The molecule has 1 aromatic heterocycles. The van der Waals surface area contributed by atoms with Crippen LogP contribution < -0.4 is 4.74 Å². The second-order valence-electron chi connectivity index (χ2n) is 2.70. The summed E-state index contributed by atoms with van der Waals surface area (Å²) < 4.78 is 52.3. The number of halogens is 5. The maximum atomic E-state index is 13.0. The summed E-state index contributed by atoms with van der Waals surface area (Å²) in [6.45, 7) is -0.734. The van der Waals surface area contributed by atoms with Crippen molar-refractivity contribution in [2.24, 2.45) is 0 Å².